The average Bonchev–Trinajstić information content (AvgIpc) is 3.70. The fourth-order valence-corrected chi connectivity index (χ4v) is 8.85. The van der Waals surface area contributed by atoms with Gasteiger partial charge in [-0.2, -0.15) is 0 Å². The minimum Gasteiger partial charge on any atom is -0.264 e. The number of pyridine rings is 1. The quantitative estimate of drug-likeness (QED) is 0.187. The van der Waals surface area contributed by atoms with Crippen LogP contribution < -0.4 is 0 Å². The average molecular weight is 674 g/mol. The van der Waals surface area contributed by atoms with Gasteiger partial charge in [-0.3, -0.25) is 4.98 Å². The lowest BCUT2D eigenvalue weighted by Gasteiger charge is -2.31. The first kappa shape index (κ1) is 29.7. The van der Waals surface area contributed by atoms with Crippen molar-refractivity contribution in [3.8, 4) is 67.0 Å². The molecule has 0 fully saturated rings. The summed E-state index contributed by atoms with van der Waals surface area (Å²) in [5.41, 5.74) is 20.3. The Bertz CT molecular complexity index is 2830. The van der Waals surface area contributed by atoms with Crippen molar-refractivity contribution in [2.75, 3.05) is 0 Å². The maximum Gasteiger partial charge on any atom is 0.0973 e. The third-order valence-electron chi connectivity index (χ3n) is 11.2. The van der Waals surface area contributed by atoms with Crippen molar-refractivity contribution in [1.29, 1.82) is 0 Å². The first-order valence-electron chi connectivity index (χ1n) is 18.1. The number of rotatable bonds is 4. The van der Waals surface area contributed by atoms with Crippen molar-refractivity contribution in [2.45, 2.75) is 5.41 Å². The predicted octanol–water partition coefficient (Wildman–Crippen LogP) is 12.0. The van der Waals surface area contributed by atoms with Gasteiger partial charge in [0.15, 0.2) is 0 Å². The zero-order chi connectivity index (χ0) is 34.9. The highest BCUT2D eigenvalue weighted by Gasteiger charge is 2.51. The largest absolute Gasteiger partial charge is 0.264 e. The highest BCUT2D eigenvalue weighted by Crippen LogP contribution is 2.63. The van der Waals surface area contributed by atoms with Crippen LogP contribution in [0.15, 0.2) is 188 Å². The number of para-hydroxylation sites is 2. The molecular weight excluding hydrogens is 643 g/mol. The van der Waals surface area contributed by atoms with Crippen molar-refractivity contribution in [2.24, 2.45) is 0 Å². The van der Waals surface area contributed by atoms with Gasteiger partial charge >= 0.3 is 0 Å². The van der Waals surface area contributed by atoms with Gasteiger partial charge < -0.3 is 0 Å². The topological polar surface area (TPSA) is 38.7 Å². The van der Waals surface area contributed by atoms with Crippen LogP contribution in [0.2, 0.25) is 0 Å². The van der Waals surface area contributed by atoms with E-state index in [2.05, 4.69) is 145 Å². The van der Waals surface area contributed by atoms with Crippen LogP contribution in [0.3, 0.4) is 0 Å². The normalized spacial score (nSPS) is 13.1. The van der Waals surface area contributed by atoms with Crippen LogP contribution in [0.5, 0.6) is 0 Å². The number of nitrogens with zero attached hydrogens (tertiary/aromatic N) is 3. The maximum absolute atomic E-state index is 5.15. The Kier molecular flexibility index (Phi) is 6.47. The lowest BCUT2D eigenvalue weighted by molar-refractivity contribution is 0.794. The minimum absolute atomic E-state index is 0.447. The molecule has 0 bridgehead atoms. The summed E-state index contributed by atoms with van der Waals surface area (Å²) in [6.07, 6.45) is 3.80. The van der Waals surface area contributed by atoms with Crippen LogP contribution in [0.25, 0.3) is 78.1 Å². The predicted molar refractivity (Wildman–Crippen MR) is 215 cm³/mol. The van der Waals surface area contributed by atoms with E-state index in [-0.39, 0.29) is 0 Å². The Hall–Kier alpha value is -6.97. The van der Waals surface area contributed by atoms with Gasteiger partial charge in [-0.25, -0.2) is 9.97 Å². The summed E-state index contributed by atoms with van der Waals surface area (Å²) in [6.45, 7) is 0. The molecule has 0 amide bonds. The lowest BCUT2D eigenvalue weighted by Crippen LogP contribution is -2.26. The smallest absolute Gasteiger partial charge is 0.0973 e. The van der Waals surface area contributed by atoms with Crippen molar-refractivity contribution in [1.82, 2.24) is 15.0 Å². The minimum atomic E-state index is -0.447. The second kappa shape index (κ2) is 11.5. The summed E-state index contributed by atoms with van der Waals surface area (Å²) in [7, 11) is 0. The van der Waals surface area contributed by atoms with Crippen LogP contribution in [0.1, 0.15) is 22.3 Å². The van der Waals surface area contributed by atoms with E-state index in [0.29, 0.717) is 0 Å². The lowest BCUT2D eigenvalue weighted by atomic mass is 9.70. The molecule has 53 heavy (non-hydrogen) atoms. The van der Waals surface area contributed by atoms with Crippen LogP contribution in [-0.2, 0) is 5.41 Å². The molecule has 2 aliphatic rings. The van der Waals surface area contributed by atoms with Crippen molar-refractivity contribution in [3.63, 3.8) is 0 Å². The molecule has 1 spiro atoms. The van der Waals surface area contributed by atoms with Gasteiger partial charge in [-0.15, -0.1) is 0 Å². The van der Waals surface area contributed by atoms with Gasteiger partial charge in [0.1, 0.15) is 0 Å². The van der Waals surface area contributed by atoms with Crippen LogP contribution in [-0.4, -0.2) is 15.0 Å². The molecule has 3 nitrogen and oxygen atoms in total. The Labute approximate surface area is 308 Å². The van der Waals surface area contributed by atoms with Gasteiger partial charge in [0, 0.05) is 23.5 Å². The SMILES string of the molecule is c1ccc(-c2nc3ccccc3nc2-c2ccc(-c3ccc4c(c3)C3(c5ccccc5-c5ccccc53)c3cc(-c5cccnc5)ccc3-4)cc2)cc1. The van der Waals surface area contributed by atoms with E-state index in [1.54, 1.807) is 0 Å². The number of benzene rings is 7. The van der Waals surface area contributed by atoms with Gasteiger partial charge in [0.05, 0.1) is 27.8 Å². The standard InChI is InChI=1S/C50H31N3/c1-2-11-33(12-3-1)48-49(53-47-19-9-8-18-46(47)52-48)34-22-20-32(21-23-34)35-24-26-40-41-27-25-36(37-13-10-28-51-31-37)30-45(41)50(44(40)29-35)42-16-6-4-14-38(42)39-15-5-7-17-43(39)50/h1-31H. The van der Waals surface area contributed by atoms with E-state index in [1.807, 2.05) is 48.8 Å². The summed E-state index contributed by atoms with van der Waals surface area (Å²) < 4.78 is 0. The van der Waals surface area contributed by atoms with Gasteiger partial charge in [0.25, 0.3) is 0 Å². The summed E-state index contributed by atoms with van der Waals surface area (Å²) in [5.74, 6) is 0. The number of hydrogen-bond donors (Lipinski definition) is 0. The molecule has 3 heteroatoms. The number of hydrogen-bond acceptors (Lipinski definition) is 3. The Morgan fingerprint density at radius 2 is 0.774 bits per heavy atom. The van der Waals surface area contributed by atoms with Crippen LogP contribution in [0.4, 0.5) is 0 Å². The molecule has 0 aliphatic heterocycles. The highest BCUT2D eigenvalue weighted by atomic mass is 14.8. The monoisotopic (exact) mass is 673 g/mol. The summed E-state index contributed by atoms with van der Waals surface area (Å²) in [5, 5.41) is 0. The van der Waals surface area contributed by atoms with Gasteiger partial charge in [0.2, 0.25) is 0 Å². The van der Waals surface area contributed by atoms with Crippen molar-refractivity contribution < 1.29 is 0 Å². The zero-order valence-corrected chi connectivity index (χ0v) is 28.7. The molecule has 0 unspecified atom stereocenters. The molecule has 11 rings (SSSR count). The zero-order valence-electron chi connectivity index (χ0n) is 28.7. The van der Waals surface area contributed by atoms with E-state index in [0.717, 1.165) is 44.7 Å². The van der Waals surface area contributed by atoms with E-state index in [4.69, 9.17) is 9.97 Å². The van der Waals surface area contributed by atoms with Crippen LogP contribution >= 0.6 is 0 Å². The molecule has 2 aliphatic carbocycles. The molecular formula is C50H31N3. The molecule has 0 radical (unpaired) electrons. The Morgan fingerprint density at radius 3 is 1.36 bits per heavy atom. The second-order valence-electron chi connectivity index (χ2n) is 14.0. The molecule has 246 valence electrons. The van der Waals surface area contributed by atoms with Gasteiger partial charge in [-0.05, 0) is 97.1 Å². The third kappa shape index (κ3) is 4.38. The van der Waals surface area contributed by atoms with Crippen molar-refractivity contribution in [3.05, 3.63) is 211 Å². The first-order valence-corrected chi connectivity index (χ1v) is 18.1. The molecule has 7 aromatic carbocycles. The molecule has 0 saturated heterocycles. The number of fused-ring (bicyclic) bond motifs is 11. The molecule has 9 aromatic rings. The summed E-state index contributed by atoms with van der Waals surface area (Å²) in [4.78, 5) is 14.7. The molecule has 0 N–H and O–H groups in total. The fourth-order valence-electron chi connectivity index (χ4n) is 8.85. The van der Waals surface area contributed by atoms with Crippen LogP contribution in [0, 0.1) is 0 Å². The van der Waals surface area contributed by atoms with E-state index in [1.165, 1.54) is 55.6 Å². The van der Waals surface area contributed by atoms with Crippen molar-refractivity contribution >= 4 is 11.0 Å². The summed E-state index contributed by atoms with van der Waals surface area (Å²) >= 11 is 0. The molecule has 2 aromatic heterocycles. The molecule has 0 saturated carbocycles. The van der Waals surface area contributed by atoms with E-state index in [9.17, 15) is 0 Å². The highest BCUT2D eigenvalue weighted by molar-refractivity contribution is 5.97. The van der Waals surface area contributed by atoms with Gasteiger partial charge in [-0.1, -0.05) is 146 Å². The Balaban J connectivity index is 1.09. The number of aromatic nitrogens is 3. The maximum atomic E-state index is 5.15. The summed E-state index contributed by atoms with van der Waals surface area (Å²) in [6, 6.07) is 63.5. The first-order chi connectivity index (χ1) is 26.3. The third-order valence-corrected chi connectivity index (χ3v) is 11.2. The second-order valence-corrected chi connectivity index (χ2v) is 14.0. The molecule has 0 atom stereocenters. The Morgan fingerprint density at radius 1 is 0.321 bits per heavy atom. The fraction of sp³-hybridized carbons (Fsp3) is 0.0200. The van der Waals surface area contributed by atoms with E-state index >= 15 is 0 Å². The molecule has 2 heterocycles. The van der Waals surface area contributed by atoms with E-state index < -0.39 is 5.41 Å².